The summed E-state index contributed by atoms with van der Waals surface area (Å²) >= 11 is 0. The lowest BCUT2D eigenvalue weighted by atomic mass is 9.94. The van der Waals surface area contributed by atoms with Gasteiger partial charge in [0.25, 0.3) is 0 Å². The molecule has 50 valence electrons. The maximum atomic E-state index is 5.59. The Kier molecular flexibility index (Phi) is 1.12. The van der Waals surface area contributed by atoms with E-state index in [0.29, 0.717) is 0 Å². The zero-order chi connectivity index (χ0) is 6.27. The summed E-state index contributed by atoms with van der Waals surface area (Å²) < 4.78 is 0. The Hall–Kier alpha value is -0.300. The molecule has 3 atom stereocenters. The van der Waals surface area contributed by atoms with Gasteiger partial charge in [0.05, 0.1) is 0 Å². The molecule has 0 spiro atoms. The molecule has 0 aromatic carbocycles. The van der Waals surface area contributed by atoms with Crippen molar-refractivity contribution in [2.45, 2.75) is 12.8 Å². The fourth-order valence-corrected chi connectivity index (χ4v) is 2.17. The van der Waals surface area contributed by atoms with Crippen molar-refractivity contribution in [1.82, 2.24) is 0 Å². The van der Waals surface area contributed by atoms with E-state index in [1.165, 1.54) is 12.8 Å². The number of hydrogen-bond acceptors (Lipinski definition) is 1. The summed E-state index contributed by atoms with van der Waals surface area (Å²) in [6.07, 6.45) is 7.46. The summed E-state index contributed by atoms with van der Waals surface area (Å²) in [5.41, 5.74) is 5.59. The molecule has 9 heavy (non-hydrogen) atoms. The number of nitrogens with two attached hydrogens (primary N) is 1. The van der Waals surface area contributed by atoms with E-state index in [0.717, 1.165) is 24.3 Å². The third-order valence-corrected chi connectivity index (χ3v) is 2.72. The molecule has 0 saturated heterocycles. The Labute approximate surface area is 55.9 Å². The van der Waals surface area contributed by atoms with Crippen LogP contribution in [0.4, 0.5) is 0 Å². The number of fused-ring (bicyclic) bond motifs is 2. The summed E-state index contributed by atoms with van der Waals surface area (Å²) in [4.78, 5) is 0. The molecule has 0 aromatic rings. The lowest BCUT2D eigenvalue weighted by molar-refractivity contribution is 0.459. The first kappa shape index (κ1) is 5.48. The Bertz CT molecular complexity index is 140. The van der Waals surface area contributed by atoms with E-state index in [2.05, 4.69) is 12.2 Å². The Balaban J connectivity index is 2.10. The summed E-state index contributed by atoms with van der Waals surface area (Å²) in [5, 5.41) is 0. The minimum Gasteiger partial charge on any atom is -0.330 e. The topological polar surface area (TPSA) is 26.0 Å². The number of allylic oxidation sites excluding steroid dienone is 2. The van der Waals surface area contributed by atoms with E-state index in [1.807, 2.05) is 0 Å². The first-order chi connectivity index (χ1) is 4.40. The molecule has 2 N–H and O–H groups in total. The normalized spacial score (nSPS) is 46.6. The van der Waals surface area contributed by atoms with Crippen LogP contribution in [0.15, 0.2) is 12.2 Å². The molecule has 2 rings (SSSR count). The Morgan fingerprint density at radius 2 is 2.22 bits per heavy atom. The molecule has 1 nitrogen and oxygen atoms in total. The van der Waals surface area contributed by atoms with Gasteiger partial charge in [0.15, 0.2) is 0 Å². The van der Waals surface area contributed by atoms with Gasteiger partial charge in [0, 0.05) is 0 Å². The molecule has 0 radical (unpaired) electrons. The maximum Gasteiger partial charge on any atom is -0.00430 e. The zero-order valence-corrected chi connectivity index (χ0v) is 5.59. The lowest BCUT2D eigenvalue weighted by Gasteiger charge is -2.14. The summed E-state index contributed by atoms with van der Waals surface area (Å²) in [6, 6.07) is 0. The van der Waals surface area contributed by atoms with Gasteiger partial charge in [0.2, 0.25) is 0 Å². The average Bonchev–Trinajstić information content (AvgIpc) is 2.45. The highest BCUT2D eigenvalue weighted by Crippen LogP contribution is 2.42. The van der Waals surface area contributed by atoms with Gasteiger partial charge in [-0.25, -0.2) is 0 Å². The summed E-state index contributed by atoms with van der Waals surface area (Å²) in [6.45, 7) is 0.894. The van der Waals surface area contributed by atoms with E-state index in [4.69, 9.17) is 5.73 Å². The molecule has 0 unspecified atom stereocenters. The van der Waals surface area contributed by atoms with Crippen molar-refractivity contribution in [3.8, 4) is 0 Å². The van der Waals surface area contributed by atoms with Gasteiger partial charge in [0.1, 0.15) is 0 Å². The first-order valence-corrected chi connectivity index (χ1v) is 3.78. The van der Waals surface area contributed by atoms with Gasteiger partial charge in [-0.15, -0.1) is 0 Å². The largest absolute Gasteiger partial charge is 0.330 e. The molecule has 1 saturated carbocycles. The second-order valence-electron chi connectivity index (χ2n) is 3.28. The highest BCUT2D eigenvalue weighted by molar-refractivity contribution is 5.10. The molecule has 0 aliphatic heterocycles. The maximum absolute atomic E-state index is 5.59. The minimum absolute atomic E-state index is 0.819. The van der Waals surface area contributed by atoms with Gasteiger partial charge < -0.3 is 5.73 Å². The van der Waals surface area contributed by atoms with E-state index < -0.39 is 0 Å². The van der Waals surface area contributed by atoms with Crippen molar-refractivity contribution < 1.29 is 0 Å². The third kappa shape index (κ3) is 0.715. The van der Waals surface area contributed by atoms with E-state index in [1.54, 1.807) is 0 Å². The van der Waals surface area contributed by atoms with E-state index in [-0.39, 0.29) is 0 Å². The molecule has 2 bridgehead atoms. The SMILES string of the molecule is NC[C@@H]1C[C@H]2C=C[C@@H]1C2. The van der Waals surface area contributed by atoms with Crippen LogP contribution in [0.2, 0.25) is 0 Å². The number of hydrogen-bond donors (Lipinski definition) is 1. The van der Waals surface area contributed by atoms with Crippen molar-refractivity contribution in [2.75, 3.05) is 6.54 Å². The molecule has 0 aromatic heterocycles. The van der Waals surface area contributed by atoms with Gasteiger partial charge in [-0.2, -0.15) is 0 Å². The fraction of sp³-hybridized carbons (Fsp3) is 0.750. The van der Waals surface area contributed by atoms with Gasteiger partial charge >= 0.3 is 0 Å². The van der Waals surface area contributed by atoms with Crippen molar-refractivity contribution in [3.05, 3.63) is 12.2 Å². The van der Waals surface area contributed by atoms with Crippen LogP contribution in [0.5, 0.6) is 0 Å². The highest BCUT2D eigenvalue weighted by Gasteiger charge is 2.34. The average molecular weight is 123 g/mol. The standard InChI is InChI=1S/C8H13N/c9-5-8-4-6-1-2-7(8)3-6/h1-2,6-8H,3-5,9H2/t6-,7+,8-/m0/s1. The summed E-state index contributed by atoms with van der Waals surface area (Å²) in [7, 11) is 0. The third-order valence-electron chi connectivity index (χ3n) is 2.72. The van der Waals surface area contributed by atoms with Gasteiger partial charge in [-0.1, -0.05) is 12.2 Å². The van der Waals surface area contributed by atoms with Gasteiger partial charge in [-0.3, -0.25) is 0 Å². The zero-order valence-electron chi connectivity index (χ0n) is 5.59. The molecule has 2 aliphatic rings. The first-order valence-electron chi connectivity index (χ1n) is 3.78. The van der Waals surface area contributed by atoms with Gasteiger partial charge in [-0.05, 0) is 37.1 Å². The predicted molar refractivity (Wildman–Crippen MR) is 37.9 cm³/mol. The second kappa shape index (κ2) is 1.84. The smallest absolute Gasteiger partial charge is 0.00430 e. The summed E-state index contributed by atoms with van der Waals surface area (Å²) in [5.74, 6) is 2.56. The molecular formula is C8H13N. The van der Waals surface area contributed by atoms with Crippen LogP contribution < -0.4 is 5.73 Å². The van der Waals surface area contributed by atoms with Crippen LogP contribution in [0.25, 0.3) is 0 Å². The Morgan fingerprint density at radius 3 is 2.56 bits per heavy atom. The fourth-order valence-electron chi connectivity index (χ4n) is 2.17. The Morgan fingerprint density at radius 1 is 1.33 bits per heavy atom. The minimum atomic E-state index is 0.819. The van der Waals surface area contributed by atoms with Crippen LogP contribution in [0.1, 0.15) is 12.8 Å². The highest BCUT2D eigenvalue weighted by atomic mass is 14.6. The van der Waals surface area contributed by atoms with Crippen LogP contribution in [-0.4, -0.2) is 6.54 Å². The predicted octanol–water partition coefficient (Wildman–Crippen LogP) is 1.16. The molecule has 1 fully saturated rings. The van der Waals surface area contributed by atoms with Crippen molar-refractivity contribution in [3.63, 3.8) is 0 Å². The van der Waals surface area contributed by atoms with Crippen LogP contribution in [0.3, 0.4) is 0 Å². The van der Waals surface area contributed by atoms with Crippen molar-refractivity contribution in [1.29, 1.82) is 0 Å². The number of rotatable bonds is 1. The van der Waals surface area contributed by atoms with Crippen LogP contribution >= 0.6 is 0 Å². The second-order valence-corrected chi connectivity index (χ2v) is 3.28. The molecule has 0 heterocycles. The van der Waals surface area contributed by atoms with Crippen LogP contribution in [-0.2, 0) is 0 Å². The van der Waals surface area contributed by atoms with Crippen molar-refractivity contribution in [2.24, 2.45) is 23.5 Å². The molecule has 2 aliphatic carbocycles. The van der Waals surface area contributed by atoms with E-state index in [9.17, 15) is 0 Å². The van der Waals surface area contributed by atoms with Crippen LogP contribution in [0, 0.1) is 17.8 Å². The van der Waals surface area contributed by atoms with E-state index >= 15 is 0 Å². The van der Waals surface area contributed by atoms with Crippen molar-refractivity contribution >= 4 is 0 Å². The molecule has 1 heteroatoms. The molecule has 0 amide bonds. The molecular weight excluding hydrogens is 110 g/mol. The lowest BCUT2D eigenvalue weighted by Crippen LogP contribution is -2.17. The monoisotopic (exact) mass is 123 g/mol. The quantitative estimate of drug-likeness (QED) is 0.520.